The molecule has 1 aromatic carbocycles. The molecule has 0 radical (unpaired) electrons. The molecule has 19 heavy (non-hydrogen) atoms. The number of nitrogens with one attached hydrogen (secondary N) is 1. The van der Waals surface area contributed by atoms with Gasteiger partial charge in [0, 0.05) is 6.04 Å². The van der Waals surface area contributed by atoms with Gasteiger partial charge in [-0.15, -0.1) is 0 Å². The van der Waals surface area contributed by atoms with Gasteiger partial charge in [0.1, 0.15) is 0 Å². The number of hydrogen-bond donors (Lipinski definition) is 2. The number of nitrogens with two attached hydrogens (primary N) is 1. The fourth-order valence-corrected chi connectivity index (χ4v) is 2.87. The maximum absolute atomic E-state index is 12.1. The molecule has 3 N–H and O–H groups in total. The minimum Gasteiger partial charge on any atom is -0.352 e. The smallest absolute Gasteiger partial charge is 0.237 e. The highest BCUT2D eigenvalue weighted by Crippen LogP contribution is 2.27. The molecule has 1 aliphatic carbocycles. The molecular formula is C16H24N2O. The summed E-state index contributed by atoms with van der Waals surface area (Å²) in [6.45, 7) is 2.10. The molecule has 1 fully saturated rings. The SMILES string of the molecule is C[C@H](NC(=O)C(N)Cc1ccccc1)C1CCCC1. The van der Waals surface area contributed by atoms with Crippen molar-refractivity contribution in [2.24, 2.45) is 11.7 Å². The summed E-state index contributed by atoms with van der Waals surface area (Å²) in [7, 11) is 0. The van der Waals surface area contributed by atoms with Gasteiger partial charge in [-0.2, -0.15) is 0 Å². The molecule has 0 saturated heterocycles. The molecule has 0 heterocycles. The molecule has 0 bridgehead atoms. The summed E-state index contributed by atoms with van der Waals surface area (Å²) in [5.41, 5.74) is 7.09. The van der Waals surface area contributed by atoms with E-state index in [4.69, 9.17) is 5.73 Å². The molecule has 1 saturated carbocycles. The minimum atomic E-state index is -0.453. The molecule has 3 heteroatoms. The molecule has 2 rings (SSSR count). The first-order chi connectivity index (χ1) is 9.16. The average molecular weight is 260 g/mol. The van der Waals surface area contributed by atoms with Crippen LogP contribution in [0.1, 0.15) is 38.2 Å². The van der Waals surface area contributed by atoms with Crippen molar-refractivity contribution < 1.29 is 4.79 Å². The molecule has 2 atom stereocenters. The molecule has 0 aliphatic heterocycles. The Morgan fingerprint density at radius 1 is 1.32 bits per heavy atom. The van der Waals surface area contributed by atoms with Crippen molar-refractivity contribution in [1.82, 2.24) is 5.32 Å². The Bertz CT molecular complexity index is 398. The number of amides is 1. The third-order valence-electron chi connectivity index (χ3n) is 4.11. The summed E-state index contributed by atoms with van der Waals surface area (Å²) in [6, 6.07) is 9.73. The average Bonchev–Trinajstić information content (AvgIpc) is 2.93. The number of carbonyl (C=O) groups is 1. The minimum absolute atomic E-state index is 0.0248. The summed E-state index contributed by atoms with van der Waals surface area (Å²) in [6.07, 6.45) is 5.65. The fourth-order valence-electron chi connectivity index (χ4n) is 2.87. The molecular weight excluding hydrogens is 236 g/mol. The molecule has 1 unspecified atom stereocenters. The van der Waals surface area contributed by atoms with Crippen molar-refractivity contribution in [3.8, 4) is 0 Å². The molecule has 104 valence electrons. The number of carbonyl (C=O) groups excluding carboxylic acids is 1. The van der Waals surface area contributed by atoms with Crippen molar-refractivity contribution >= 4 is 5.91 Å². The first-order valence-corrected chi connectivity index (χ1v) is 7.26. The Labute approximate surface area is 115 Å². The van der Waals surface area contributed by atoms with Crippen LogP contribution in [-0.4, -0.2) is 18.0 Å². The topological polar surface area (TPSA) is 55.1 Å². The normalized spacial score (nSPS) is 19.1. The van der Waals surface area contributed by atoms with Crippen LogP contribution in [0, 0.1) is 5.92 Å². The van der Waals surface area contributed by atoms with Crippen LogP contribution in [0.2, 0.25) is 0 Å². The largest absolute Gasteiger partial charge is 0.352 e. The lowest BCUT2D eigenvalue weighted by molar-refractivity contribution is -0.123. The Balaban J connectivity index is 1.82. The van der Waals surface area contributed by atoms with Crippen molar-refractivity contribution in [2.75, 3.05) is 0 Å². The van der Waals surface area contributed by atoms with Gasteiger partial charge in [0.25, 0.3) is 0 Å². The van der Waals surface area contributed by atoms with Crippen LogP contribution in [0.3, 0.4) is 0 Å². The third-order valence-corrected chi connectivity index (χ3v) is 4.11. The lowest BCUT2D eigenvalue weighted by Crippen LogP contribution is -2.47. The van der Waals surface area contributed by atoms with Gasteiger partial charge in [0.15, 0.2) is 0 Å². The van der Waals surface area contributed by atoms with Gasteiger partial charge in [-0.1, -0.05) is 43.2 Å². The van der Waals surface area contributed by atoms with E-state index in [1.165, 1.54) is 25.7 Å². The van der Waals surface area contributed by atoms with Crippen molar-refractivity contribution in [3.63, 3.8) is 0 Å². The van der Waals surface area contributed by atoms with Crippen LogP contribution in [0.15, 0.2) is 30.3 Å². The fraction of sp³-hybridized carbons (Fsp3) is 0.562. The van der Waals surface area contributed by atoms with Crippen LogP contribution in [0.25, 0.3) is 0 Å². The summed E-state index contributed by atoms with van der Waals surface area (Å²) >= 11 is 0. The highest BCUT2D eigenvalue weighted by molar-refractivity contribution is 5.82. The second kappa shape index (κ2) is 6.71. The van der Waals surface area contributed by atoms with Gasteiger partial charge in [-0.3, -0.25) is 4.79 Å². The van der Waals surface area contributed by atoms with Gasteiger partial charge in [0.2, 0.25) is 5.91 Å². The molecule has 1 amide bonds. The van der Waals surface area contributed by atoms with Crippen molar-refractivity contribution in [3.05, 3.63) is 35.9 Å². The molecule has 0 aromatic heterocycles. The van der Waals surface area contributed by atoms with E-state index < -0.39 is 6.04 Å². The second-order valence-corrected chi connectivity index (χ2v) is 5.64. The Hall–Kier alpha value is -1.35. The predicted octanol–water partition coefficient (Wildman–Crippen LogP) is 2.25. The Kier molecular flexibility index (Phi) is 4.97. The van der Waals surface area contributed by atoms with E-state index in [0.29, 0.717) is 12.3 Å². The van der Waals surface area contributed by atoms with E-state index in [1.807, 2.05) is 30.3 Å². The number of rotatable bonds is 5. The summed E-state index contributed by atoms with van der Waals surface area (Å²) in [5, 5.41) is 3.08. The maximum Gasteiger partial charge on any atom is 0.237 e. The Morgan fingerprint density at radius 3 is 2.58 bits per heavy atom. The molecule has 3 nitrogen and oxygen atoms in total. The van der Waals surface area contributed by atoms with Crippen LogP contribution in [0.5, 0.6) is 0 Å². The quantitative estimate of drug-likeness (QED) is 0.853. The monoisotopic (exact) mass is 260 g/mol. The first-order valence-electron chi connectivity index (χ1n) is 7.26. The standard InChI is InChI=1S/C16H24N2O/c1-12(14-9-5-6-10-14)18-16(19)15(17)11-13-7-3-2-4-8-13/h2-4,7-8,12,14-15H,5-6,9-11,17H2,1H3,(H,18,19)/t12-,15?/m0/s1. The van der Waals surface area contributed by atoms with E-state index in [0.717, 1.165) is 5.56 Å². The summed E-state index contributed by atoms with van der Waals surface area (Å²) < 4.78 is 0. The highest BCUT2D eigenvalue weighted by atomic mass is 16.2. The summed E-state index contributed by atoms with van der Waals surface area (Å²) in [5.74, 6) is 0.608. The van der Waals surface area contributed by atoms with E-state index in [1.54, 1.807) is 0 Å². The van der Waals surface area contributed by atoms with Crippen LogP contribution in [0.4, 0.5) is 0 Å². The van der Waals surface area contributed by atoms with Gasteiger partial charge in [0.05, 0.1) is 6.04 Å². The molecule has 0 spiro atoms. The van der Waals surface area contributed by atoms with E-state index in [9.17, 15) is 4.79 Å². The Morgan fingerprint density at radius 2 is 1.95 bits per heavy atom. The van der Waals surface area contributed by atoms with Crippen LogP contribution in [-0.2, 0) is 11.2 Å². The third kappa shape index (κ3) is 4.06. The maximum atomic E-state index is 12.1. The summed E-state index contributed by atoms with van der Waals surface area (Å²) in [4.78, 5) is 12.1. The zero-order chi connectivity index (χ0) is 13.7. The number of benzene rings is 1. The van der Waals surface area contributed by atoms with Gasteiger partial charge < -0.3 is 11.1 Å². The molecule has 1 aromatic rings. The highest BCUT2D eigenvalue weighted by Gasteiger charge is 2.24. The van der Waals surface area contributed by atoms with Crippen LogP contribution < -0.4 is 11.1 Å². The van der Waals surface area contributed by atoms with Crippen molar-refractivity contribution in [1.29, 1.82) is 0 Å². The van der Waals surface area contributed by atoms with Crippen molar-refractivity contribution in [2.45, 2.75) is 51.1 Å². The van der Waals surface area contributed by atoms with Gasteiger partial charge in [-0.05, 0) is 37.7 Å². The van der Waals surface area contributed by atoms with Crippen LogP contribution >= 0.6 is 0 Å². The lowest BCUT2D eigenvalue weighted by atomic mass is 9.99. The number of hydrogen-bond acceptors (Lipinski definition) is 2. The van der Waals surface area contributed by atoms with E-state index >= 15 is 0 Å². The van der Waals surface area contributed by atoms with E-state index in [2.05, 4.69) is 12.2 Å². The van der Waals surface area contributed by atoms with Gasteiger partial charge in [-0.25, -0.2) is 0 Å². The predicted molar refractivity (Wildman–Crippen MR) is 77.7 cm³/mol. The van der Waals surface area contributed by atoms with E-state index in [-0.39, 0.29) is 11.9 Å². The zero-order valence-electron chi connectivity index (χ0n) is 11.6. The molecule has 1 aliphatic rings. The second-order valence-electron chi connectivity index (χ2n) is 5.64. The zero-order valence-corrected chi connectivity index (χ0v) is 11.6. The van der Waals surface area contributed by atoms with Gasteiger partial charge >= 0.3 is 0 Å². The lowest BCUT2D eigenvalue weighted by Gasteiger charge is -2.22. The first kappa shape index (κ1) is 14.1.